The second kappa shape index (κ2) is 73.0. The molecule has 0 aliphatic heterocycles. The number of allylic oxidation sites excluding steroid dienone is 14. The molecule has 0 amide bonds. The summed E-state index contributed by atoms with van der Waals surface area (Å²) < 4.78 is 0. The van der Waals surface area contributed by atoms with Gasteiger partial charge in [0.15, 0.2) is 0 Å². The molecular formula is C78H86O2Y10-20. The van der Waals surface area contributed by atoms with Gasteiger partial charge >= 0.3 is 0 Å². The molecule has 0 spiro atoms. The zero-order valence-electron chi connectivity index (χ0n) is 57.6. The first-order valence-electron chi connectivity index (χ1n) is 28.5. The van der Waals surface area contributed by atoms with Gasteiger partial charge in [0.25, 0.3) is 0 Å². The van der Waals surface area contributed by atoms with Crippen molar-refractivity contribution in [3.05, 3.63) is 229 Å². The minimum absolute atomic E-state index is 0. The van der Waals surface area contributed by atoms with Gasteiger partial charge in [-0.2, -0.15) is 12.8 Å². The van der Waals surface area contributed by atoms with Crippen molar-refractivity contribution in [2.75, 3.05) is 0 Å². The third-order valence-corrected chi connectivity index (χ3v) is 11.5. The van der Waals surface area contributed by atoms with E-state index >= 15 is 0 Å². The molecule has 4 aromatic carbocycles. The number of carbonyl (C=O) groups is 2. The Balaban J connectivity index is -0.000000108. The molecule has 1 atom stereocenters. The molecule has 12 heteroatoms. The van der Waals surface area contributed by atoms with Crippen LogP contribution in [0.4, 0.5) is 0 Å². The fraction of sp³-hybridized carbons (Fsp3) is 0.372. The van der Waals surface area contributed by atoms with E-state index in [1.165, 1.54) is 17.5 Å². The Bertz CT molecular complexity index is 2580. The number of aryl methyl sites for hydroxylation is 6. The molecule has 4 aromatic rings. The van der Waals surface area contributed by atoms with Gasteiger partial charge in [0.2, 0.25) is 0 Å². The van der Waals surface area contributed by atoms with Crippen molar-refractivity contribution in [3.8, 4) is 0 Å². The molecule has 0 fully saturated rings. The van der Waals surface area contributed by atoms with E-state index in [4.69, 9.17) is 0 Å². The van der Waals surface area contributed by atoms with Crippen LogP contribution in [0.3, 0.4) is 0 Å². The fourth-order valence-electron chi connectivity index (χ4n) is 7.11. The molecule has 10 radical (unpaired) electrons. The van der Waals surface area contributed by atoms with Crippen molar-refractivity contribution in [1.82, 2.24) is 0 Å². The Morgan fingerprint density at radius 2 is 0.522 bits per heavy atom. The van der Waals surface area contributed by atoms with Crippen LogP contribution in [0.15, 0.2) is 17.7 Å². The Labute approximate surface area is 804 Å². The summed E-state index contributed by atoms with van der Waals surface area (Å²) in [6.07, 6.45) is 63.4. The molecule has 90 heavy (non-hydrogen) atoms. The van der Waals surface area contributed by atoms with Gasteiger partial charge in [-0.05, 0) is 5.78 Å². The standard InChI is InChI=1S/4C16H18.C14H14O2.10Y/c2*1-5-7-9-15-11-14(4)16(10-8-6-2)12-13(15)3;2*1-5-7-9-15-11-13(3)12-16(14(15)4)10-8-6-2;1-3-5-7-11-9-13(15)10-12(14(11)16)8-6-4-2;;;;;;;;;;/h4*9-10H,5-6H2,1-4H3;7-9,11H,3-4H2,1-2H3;;;;;;;;;;/q5*-4;;;;;;;;;;. The summed E-state index contributed by atoms with van der Waals surface area (Å²) >= 11 is 0. The van der Waals surface area contributed by atoms with Gasteiger partial charge in [-0.25, -0.2) is 11.1 Å². The van der Waals surface area contributed by atoms with Crippen molar-refractivity contribution in [2.24, 2.45) is 5.92 Å². The van der Waals surface area contributed by atoms with Gasteiger partial charge in [-0.1, -0.05) is 117 Å². The largest absolute Gasteiger partial charge is 0.503 e. The normalized spacial score (nSPS) is 12.2. The van der Waals surface area contributed by atoms with Crippen LogP contribution >= 0.6 is 0 Å². The monoisotopic (exact) mass is 1940 g/mol. The second-order valence-corrected chi connectivity index (χ2v) is 18.3. The van der Waals surface area contributed by atoms with E-state index in [0.29, 0.717) is 12.0 Å². The molecule has 0 aromatic heterocycles. The van der Waals surface area contributed by atoms with Crippen LogP contribution in [-0.4, -0.2) is 11.6 Å². The predicted molar refractivity (Wildman–Crippen MR) is 339 cm³/mol. The van der Waals surface area contributed by atoms with Crippen LogP contribution in [0.1, 0.15) is 222 Å². The number of hydrogen-bond acceptors (Lipinski definition) is 2. The number of hydrogen-bond donors (Lipinski definition) is 0. The van der Waals surface area contributed by atoms with Gasteiger partial charge < -0.3 is 169 Å². The van der Waals surface area contributed by atoms with Crippen LogP contribution in [0, 0.1) is 183 Å². The van der Waals surface area contributed by atoms with Crippen molar-refractivity contribution < 1.29 is 337 Å². The predicted octanol–water partition coefficient (Wildman–Crippen LogP) is 19.6. The van der Waals surface area contributed by atoms with Crippen LogP contribution in [0.5, 0.6) is 0 Å². The quantitative estimate of drug-likeness (QED) is 0.0827. The number of carbonyl (C=O) groups excluding carboxylic acids is 2. The molecule has 5 rings (SSSR count). The Hall–Kier alpha value is 4.27. The summed E-state index contributed by atoms with van der Waals surface area (Å²) in [4.78, 5) is 23.2. The minimum Gasteiger partial charge on any atom is -0.503 e. The molecule has 0 saturated heterocycles. The van der Waals surface area contributed by atoms with E-state index in [-0.39, 0.29) is 339 Å². The van der Waals surface area contributed by atoms with Crippen molar-refractivity contribution in [3.63, 3.8) is 0 Å². The fourth-order valence-corrected chi connectivity index (χ4v) is 7.11. The summed E-state index contributed by atoms with van der Waals surface area (Å²) in [6, 6.07) is 26.7. The maximum absolute atomic E-state index is 11.9. The first kappa shape index (κ1) is 115. The summed E-state index contributed by atoms with van der Waals surface area (Å²) in [5, 5.41) is 0. The first-order valence-corrected chi connectivity index (χ1v) is 28.5. The molecular weight excluding hydrogens is 1860 g/mol. The number of benzene rings is 4. The number of Topliss-reactive ketones (excluding diaryl/α,β-unsaturated/α-hetero) is 2. The summed E-state index contributed by atoms with van der Waals surface area (Å²) in [5.74, 6) is -0.844. The molecule has 0 bridgehead atoms. The third-order valence-electron chi connectivity index (χ3n) is 11.5. The molecule has 0 N–H and O–H groups in total. The SMILES string of the molecule is CC[C-]=CC1=[C-]C(=O)[CH-]C(C=[C-]CC)C1=O.CC[C-]=Cc1[c-]c(C)[c-]c(C=[C-]CC)c1C.CC[C-]=Cc1[c-]c(C)[c-]c(C=[C-]CC)c1C.CC[C-]=Cc1[c-]c(C)c(C=[C-]CC)[c-]c1C.CC[C-]=Cc1[c-]c(C)c(C=[C-]CC)[c-]c1C.[Y].[Y].[Y].[Y].[Y].[Y].[Y].[Y].[Y].[Y]. The van der Waals surface area contributed by atoms with E-state index in [9.17, 15) is 9.59 Å². The number of rotatable bonds is 20. The Morgan fingerprint density at radius 1 is 0.311 bits per heavy atom. The van der Waals surface area contributed by atoms with Crippen LogP contribution in [0.25, 0.3) is 48.6 Å². The summed E-state index contributed by atoms with van der Waals surface area (Å²) in [6.45, 7) is 37.0. The molecule has 460 valence electrons. The van der Waals surface area contributed by atoms with E-state index in [0.717, 1.165) is 136 Å². The van der Waals surface area contributed by atoms with E-state index in [1.54, 1.807) is 12.2 Å². The average Bonchev–Trinajstić information content (AvgIpc) is 3.44. The zero-order chi connectivity index (χ0) is 59.8. The van der Waals surface area contributed by atoms with Crippen LogP contribution < -0.4 is 0 Å². The number of ketones is 2. The van der Waals surface area contributed by atoms with Gasteiger partial charge in [0.05, 0.1) is 0 Å². The minimum atomic E-state index is -0.487. The van der Waals surface area contributed by atoms with Crippen LogP contribution in [-0.2, 0) is 337 Å². The maximum Gasteiger partial charge on any atom is 0 e. The average molecular weight is 1940 g/mol. The zero-order valence-corrected chi connectivity index (χ0v) is 86.0. The van der Waals surface area contributed by atoms with Crippen molar-refractivity contribution in [1.29, 1.82) is 0 Å². The van der Waals surface area contributed by atoms with Gasteiger partial charge in [-0.3, -0.25) is 100 Å². The third kappa shape index (κ3) is 49.8. The second-order valence-electron chi connectivity index (χ2n) is 18.3. The molecule has 1 aliphatic rings. The van der Waals surface area contributed by atoms with E-state index < -0.39 is 5.92 Å². The molecule has 0 heterocycles. The smallest absolute Gasteiger partial charge is 0 e. The van der Waals surface area contributed by atoms with Gasteiger partial charge in [0.1, 0.15) is 0 Å². The first-order chi connectivity index (χ1) is 38.4. The van der Waals surface area contributed by atoms with Gasteiger partial charge in [-0.15, -0.1) is 77.6 Å². The summed E-state index contributed by atoms with van der Waals surface area (Å²) in [5.41, 5.74) is 18.1. The summed E-state index contributed by atoms with van der Waals surface area (Å²) in [7, 11) is 0. The van der Waals surface area contributed by atoms with E-state index in [1.807, 2.05) is 76.3 Å². The maximum atomic E-state index is 11.9. The topological polar surface area (TPSA) is 34.1 Å². The Morgan fingerprint density at radius 3 is 0.744 bits per heavy atom. The van der Waals surface area contributed by atoms with E-state index in [2.05, 4.69) is 212 Å². The molecule has 1 aliphatic carbocycles. The molecule has 1 unspecified atom stereocenters. The van der Waals surface area contributed by atoms with Crippen LogP contribution in [0.2, 0.25) is 0 Å². The molecule has 2 nitrogen and oxygen atoms in total. The van der Waals surface area contributed by atoms with Crippen molar-refractivity contribution >= 4 is 60.2 Å². The van der Waals surface area contributed by atoms with Gasteiger partial charge in [0, 0.05) is 327 Å². The van der Waals surface area contributed by atoms with Crippen molar-refractivity contribution in [2.45, 2.75) is 189 Å². The Kier molecular flexibility index (Phi) is 93.7. The molecule has 0 saturated carbocycles.